The van der Waals surface area contributed by atoms with Gasteiger partial charge in [-0.2, -0.15) is 0 Å². The molecule has 1 aromatic heterocycles. The van der Waals surface area contributed by atoms with E-state index in [1.54, 1.807) is 12.1 Å². The molecule has 1 aromatic carbocycles. The number of rotatable bonds is 7. The van der Waals surface area contributed by atoms with E-state index in [2.05, 4.69) is 11.8 Å². The van der Waals surface area contributed by atoms with Crippen LogP contribution < -0.4 is 0 Å². The van der Waals surface area contributed by atoms with Crippen molar-refractivity contribution >= 4 is 29.4 Å². The number of phenolic OH excluding ortho intramolecular Hbond substituents is 1. The average molecular weight is 394 g/mol. The lowest BCUT2D eigenvalue weighted by atomic mass is 9.95. The van der Waals surface area contributed by atoms with Gasteiger partial charge in [0.25, 0.3) is 6.47 Å². The second-order valence-corrected chi connectivity index (χ2v) is 7.52. The highest BCUT2D eigenvalue weighted by molar-refractivity contribution is 5.89. The Bertz CT molecular complexity index is 1020. The summed E-state index contributed by atoms with van der Waals surface area (Å²) in [5.41, 5.74) is 6.23. The SMILES string of the molecule is CCc1c2c(nc3ccc(O)cc13)/C(=C/C(=C(\C=O)COC=O)C(C)C)N(C)C2. The molecule has 1 aliphatic rings. The molecule has 152 valence electrons. The van der Waals surface area contributed by atoms with Gasteiger partial charge in [0.05, 0.1) is 16.9 Å². The third kappa shape index (κ3) is 3.88. The number of aryl methyl sites for hydroxylation is 1. The molecule has 0 fully saturated rings. The number of hydrogen-bond acceptors (Lipinski definition) is 6. The number of aromatic nitrogens is 1. The van der Waals surface area contributed by atoms with Gasteiger partial charge in [-0.25, -0.2) is 4.98 Å². The maximum absolute atomic E-state index is 11.6. The fourth-order valence-electron chi connectivity index (χ4n) is 3.91. The van der Waals surface area contributed by atoms with Crippen LogP contribution in [0.3, 0.4) is 0 Å². The molecule has 0 atom stereocenters. The Morgan fingerprint density at radius 2 is 2.10 bits per heavy atom. The van der Waals surface area contributed by atoms with Crippen molar-refractivity contribution < 1.29 is 19.4 Å². The number of phenols is 1. The number of carbonyl (C=O) groups is 2. The quantitative estimate of drug-likeness (QED) is 0.571. The maximum Gasteiger partial charge on any atom is 0.293 e. The molecule has 1 aliphatic heterocycles. The summed E-state index contributed by atoms with van der Waals surface area (Å²) in [6, 6.07) is 5.24. The number of pyridine rings is 1. The van der Waals surface area contributed by atoms with Crippen molar-refractivity contribution in [1.29, 1.82) is 0 Å². The fraction of sp³-hybridized carbons (Fsp3) is 0.348. The summed E-state index contributed by atoms with van der Waals surface area (Å²) in [6.07, 6.45) is 3.55. The van der Waals surface area contributed by atoms with Gasteiger partial charge in [-0.1, -0.05) is 20.8 Å². The summed E-state index contributed by atoms with van der Waals surface area (Å²) in [4.78, 5) is 29.2. The van der Waals surface area contributed by atoms with Crippen LogP contribution in [0.25, 0.3) is 16.6 Å². The van der Waals surface area contributed by atoms with Gasteiger partial charge in [-0.15, -0.1) is 0 Å². The van der Waals surface area contributed by atoms with Gasteiger partial charge < -0.3 is 14.7 Å². The first-order chi connectivity index (χ1) is 13.9. The highest BCUT2D eigenvalue weighted by atomic mass is 16.5. The van der Waals surface area contributed by atoms with Crippen molar-refractivity contribution in [2.45, 2.75) is 33.7 Å². The Balaban J connectivity index is 2.23. The number of carbonyl (C=O) groups excluding carboxylic acids is 2. The summed E-state index contributed by atoms with van der Waals surface area (Å²) in [5, 5.41) is 10.9. The topological polar surface area (TPSA) is 79.7 Å². The summed E-state index contributed by atoms with van der Waals surface area (Å²) in [5.74, 6) is 0.297. The van der Waals surface area contributed by atoms with Gasteiger partial charge in [0, 0.05) is 30.1 Å². The first-order valence-corrected chi connectivity index (χ1v) is 9.72. The standard InChI is InChI=1S/C23H26N2O4/c1-5-17-19-8-16(28)6-7-21(19)24-23-20(17)10-25(4)22(23)9-18(14(2)3)15(11-26)12-29-13-27/h6-9,11,13-14,28H,5,10,12H2,1-4H3/b18-15-,22-9-. The summed E-state index contributed by atoms with van der Waals surface area (Å²) >= 11 is 0. The molecule has 1 N–H and O–H groups in total. The Morgan fingerprint density at radius 1 is 1.34 bits per heavy atom. The van der Waals surface area contributed by atoms with Crippen molar-refractivity contribution in [3.8, 4) is 5.75 Å². The average Bonchev–Trinajstić information content (AvgIpc) is 3.00. The van der Waals surface area contributed by atoms with Crippen LogP contribution in [-0.2, 0) is 27.3 Å². The molecule has 3 rings (SSSR count). The maximum atomic E-state index is 11.6. The Labute approximate surface area is 170 Å². The van der Waals surface area contributed by atoms with Gasteiger partial charge >= 0.3 is 0 Å². The van der Waals surface area contributed by atoms with E-state index in [1.165, 1.54) is 5.56 Å². The molecule has 2 heterocycles. The van der Waals surface area contributed by atoms with Crippen molar-refractivity contribution in [2.75, 3.05) is 13.7 Å². The molecule has 0 spiro atoms. The van der Waals surface area contributed by atoms with Crippen molar-refractivity contribution in [3.63, 3.8) is 0 Å². The van der Waals surface area contributed by atoms with Crippen molar-refractivity contribution in [1.82, 2.24) is 9.88 Å². The van der Waals surface area contributed by atoms with E-state index in [0.29, 0.717) is 18.6 Å². The monoisotopic (exact) mass is 394 g/mol. The second-order valence-electron chi connectivity index (χ2n) is 7.52. The van der Waals surface area contributed by atoms with Crippen LogP contribution in [0, 0.1) is 5.92 Å². The van der Waals surface area contributed by atoms with Crippen LogP contribution in [0.5, 0.6) is 5.75 Å². The Morgan fingerprint density at radius 3 is 2.72 bits per heavy atom. The lowest BCUT2D eigenvalue weighted by molar-refractivity contribution is -0.128. The van der Waals surface area contributed by atoms with Gasteiger partial charge in [0.15, 0.2) is 0 Å². The molecular weight excluding hydrogens is 368 g/mol. The molecule has 6 nitrogen and oxygen atoms in total. The molecule has 0 saturated carbocycles. The molecule has 0 saturated heterocycles. The third-order valence-electron chi connectivity index (χ3n) is 5.32. The predicted molar refractivity (Wildman–Crippen MR) is 112 cm³/mol. The van der Waals surface area contributed by atoms with Crippen LogP contribution in [0.1, 0.15) is 37.6 Å². The number of aldehydes is 1. The van der Waals surface area contributed by atoms with Crippen LogP contribution in [0.15, 0.2) is 35.4 Å². The third-order valence-corrected chi connectivity index (χ3v) is 5.32. The molecule has 0 radical (unpaired) electrons. The zero-order chi connectivity index (χ0) is 21.1. The van der Waals surface area contributed by atoms with Crippen molar-refractivity contribution in [2.24, 2.45) is 5.92 Å². The number of benzene rings is 1. The number of allylic oxidation sites excluding steroid dienone is 2. The summed E-state index contributed by atoms with van der Waals surface area (Å²) in [6.45, 7) is 7.10. The van der Waals surface area contributed by atoms with Crippen LogP contribution in [0.4, 0.5) is 0 Å². The number of hydrogen-bond donors (Lipinski definition) is 1. The lowest BCUT2D eigenvalue weighted by Gasteiger charge is -2.17. The Kier molecular flexibility index (Phi) is 6.01. The Hall–Kier alpha value is -3.15. The van der Waals surface area contributed by atoms with E-state index in [0.717, 1.165) is 46.1 Å². The molecule has 0 aliphatic carbocycles. The molecule has 0 amide bonds. The van der Waals surface area contributed by atoms with Crippen molar-refractivity contribution in [3.05, 3.63) is 52.2 Å². The van der Waals surface area contributed by atoms with E-state index < -0.39 is 0 Å². The van der Waals surface area contributed by atoms with E-state index >= 15 is 0 Å². The van der Waals surface area contributed by atoms with E-state index in [-0.39, 0.29) is 18.3 Å². The lowest BCUT2D eigenvalue weighted by Crippen LogP contribution is -2.11. The van der Waals surface area contributed by atoms with Crippen LogP contribution in [0.2, 0.25) is 0 Å². The first kappa shape index (κ1) is 20.6. The van der Waals surface area contributed by atoms with E-state index in [9.17, 15) is 14.7 Å². The minimum atomic E-state index is -0.0501. The zero-order valence-electron chi connectivity index (χ0n) is 17.2. The number of fused-ring (bicyclic) bond motifs is 2. The number of nitrogens with zero attached hydrogens (tertiary/aromatic N) is 2. The summed E-state index contributed by atoms with van der Waals surface area (Å²) in [7, 11) is 2.00. The van der Waals surface area contributed by atoms with E-state index in [1.807, 2.05) is 33.0 Å². The number of ether oxygens (including phenoxy) is 1. The first-order valence-electron chi connectivity index (χ1n) is 9.72. The van der Waals surface area contributed by atoms with Gasteiger partial charge in [-0.3, -0.25) is 9.59 Å². The molecule has 0 unspecified atom stereocenters. The van der Waals surface area contributed by atoms with E-state index in [4.69, 9.17) is 9.72 Å². The second kappa shape index (κ2) is 8.47. The molecular formula is C23H26N2O4. The fourth-order valence-corrected chi connectivity index (χ4v) is 3.91. The minimum Gasteiger partial charge on any atom is -0.508 e. The predicted octanol–water partition coefficient (Wildman–Crippen LogP) is 3.61. The highest BCUT2D eigenvalue weighted by Gasteiger charge is 2.27. The van der Waals surface area contributed by atoms with Crippen LogP contribution >= 0.6 is 0 Å². The zero-order valence-corrected chi connectivity index (χ0v) is 17.2. The molecule has 29 heavy (non-hydrogen) atoms. The number of aromatic hydroxyl groups is 1. The minimum absolute atomic E-state index is 0.0501. The highest BCUT2D eigenvalue weighted by Crippen LogP contribution is 2.38. The largest absolute Gasteiger partial charge is 0.508 e. The van der Waals surface area contributed by atoms with Gasteiger partial charge in [0.1, 0.15) is 18.6 Å². The molecule has 2 aromatic rings. The molecule has 0 bridgehead atoms. The summed E-state index contributed by atoms with van der Waals surface area (Å²) < 4.78 is 4.83. The van der Waals surface area contributed by atoms with Gasteiger partial charge in [0.2, 0.25) is 0 Å². The smallest absolute Gasteiger partial charge is 0.293 e. The normalized spacial score (nSPS) is 15.6. The molecule has 6 heteroatoms. The van der Waals surface area contributed by atoms with Crippen LogP contribution in [-0.4, -0.2) is 41.4 Å². The van der Waals surface area contributed by atoms with Gasteiger partial charge in [-0.05, 0) is 47.8 Å².